The summed E-state index contributed by atoms with van der Waals surface area (Å²) < 4.78 is 65.7. The van der Waals surface area contributed by atoms with Crippen molar-refractivity contribution in [3.05, 3.63) is 28.7 Å². The molecular formula is C10H11BrF3NO3S. The SMILES string of the molecule is O=S(=O)(NCCOCC(F)(F)F)c1ccccc1Br. The molecule has 0 unspecified atom stereocenters. The molecule has 0 saturated heterocycles. The fourth-order valence-electron chi connectivity index (χ4n) is 1.18. The number of benzene rings is 1. The van der Waals surface area contributed by atoms with Crippen molar-refractivity contribution >= 4 is 26.0 Å². The highest BCUT2D eigenvalue weighted by Crippen LogP contribution is 2.20. The first kappa shape index (κ1) is 16.4. The Bertz CT molecular complexity index is 519. The Balaban J connectivity index is 2.47. The second kappa shape index (κ2) is 6.69. The first-order valence-electron chi connectivity index (χ1n) is 5.11. The summed E-state index contributed by atoms with van der Waals surface area (Å²) in [5.74, 6) is 0. The van der Waals surface area contributed by atoms with Crippen LogP contribution in [0.15, 0.2) is 33.6 Å². The van der Waals surface area contributed by atoms with Crippen molar-refractivity contribution < 1.29 is 26.3 Å². The van der Waals surface area contributed by atoms with E-state index < -0.39 is 22.8 Å². The largest absolute Gasteiger partial charge is 0.411 e. The Morgan fingerprint density at radius 3 is 2.47 bits per heavy atom. The molecule has 108 valence electrons. The molecule has 1 aromatic carbocycles. The first-order chi connectivity index (χ1) is 8.72. The topological polar surface area (TPSA) is 55.4 Å². The molecule has 0 saturated carbocycles. The van der Waals surface area contributed by atoms with Crippen LogP contribution < -0.4 is 4.72 Å². The van der Waals surface area contributed by atoms with Gasteiger partial charge in [-0.1, -0.05) is 12.1 Å². The third kappa shape index (κ3) is 5.89. The molecule has 0 fully saturated rings. The van der Waals surface area contributed by atoms with Gasteiger partial charge in [0.2, 0.25) is 10.0 Å². The van der Waals surface area contributed by atoms with Crippen LogP contribution in [-0.4, -0.2) is 34.4 Å². The predicted molar refractivity (Wildman–Crippen MR) is 66.2 cm³/mol. The summed E-state index contributed by atoms with van der Waals surface area (Å²) in [7, 11) is -3.77. The lowest BCUT2D eigenvalue weighted by molar-refractivity contribution is -0.173. The van der Waals surface area contributed by atoms with E-state index >= 15 is 0 Å². The summed E-state index contributed by atoms with van der Waals surface area (Å²) in [6, 6.07) is 6.12. The predicted octanol–water partition coefficient (Wildman–Crippen LogP) is 2.31. The number of alkyl halides is 3. The Labute approximate surface area is 117 Å². The van der Waals surface area contributed by atoms with Gasteiger partial charge in [0.05, 0.1) is 11.5 Å². The van der Waals surface area contributed by atoms with E-state index in [-0.39, 0.29) is 18.0 Å². The maximum atomic E-state index is 11.8. The number of rotatable bonds is 6. The molecule has 0 radical (unpaired) electrons. The van der Waals surface area contributed by atoms with E-state index in [0.29, 0.717) is 4.47 Å². The molecule has 4 nitrogen and oxygen atoms in total. The Morgan fingerprint density at radius 2 is 1.89 bits per heavy atom. The van der Waals surface area contributed by atoms with E-state index in [0.717, 1.165) is 0 Å². The quantitative estimate of drug-likeness (QED) is 0.791. The van der Waals surface area contributed by atoms with Crippen molar-refractivity contribution in [2.45, 2.75) is 11.1 Å². The molecular weight excluding hydrogens is 351 g/mol. The van der Waals surface area contributed by atoms with E-state index in [1.54, 1.807) is 18.2 Å². The number of ether oxygens (including phenoxy) is 1. The molecule has 9 heteroatoms. The first-order valence-corrected chi connectivity index (χ1v) is 7.39. The summed E-state index contributed by atoms with van der Waals surface area (Å²) in [5.41, 5.74) is 0. The molecule has 0 aromatic heterocycles. The van der Waals surface area contributed by atoms with Crippen LogP contribution in [0.1, 0.15) is 0 Å². The van der Waals surface area contributed by atoms with Crippen LogP contribution in [-0.2, 0) is 14.8 Å². The fourth-order valence-corrected chi connectivity index (χ4v) is 3.19. The minimum Gasteiger partial charge on any atom is -0.371 e. The van der Waals surface area contributed by atoms with E-state index in [2.05, 4.69) is 25.4 Å². The van der Waals surface area contributed by atoms with Gasteiger partial charge >= 0.3 is 6.18 Å². The van der Waals surface area contributed by atoms with Crippen LogP contribution >= 0.6 is 15.9 Å². The van der Waals surface area contributed by atoms with Gasteiger partial charge in [0.1, 0.15) is 6.61 Å². The monoisotopic (exact) mass is 361 g/mol. The molecule has 0 aliphatic rings. The molecule has 0 bridgehead atoms. The van der Waals surface area contributed by atoms with Gasteiger partial charge in [-0.05, 0) is 28.1 Å². The highest BCUT2D eigenvalue weighted by Gasteiger charge is 2.27. The van der Waals surface area contributed by atoms with Crippen LogP contribution in [0, 0.1) is 0 Å². The number of nitrogens with one attached hydrogen (secondary N) is 1. The van der Waals surface area contributed by atoms with E-state index in [4.69, 9.17) is 0 Å². The molecule has 0 heterocycles. The fraction of sp³-hybridized carbons (Fsp3) is 0.400. The van der Waals surface area contributed by atoms with Crippen molar-refractivity contribution in [1.82, 2.24) is 4.72 Å². The van der Waals surface area contributed by atoms with Gasteiger partial charge in [-0.15, -0.1) is 0 Å². The average molecular weight is 362 g/mol. The summed E-state index contributed by atoms with van der Waals surface area (Å²) in [6.07, 6.45) is -4.42. The standard InChI is InChI=1S/C10H11BrF3NO3S/c11-8-3-1-2-4-9(8)19(16,17)15-5-6-18-7-10(12,13)14/h1-4,15H,5-7H2. The third-order valence-electron chi connectivity index (χ3n) is 1.93. The van der Waals surface area contributed by atoms with Crippen molar-refractivity contribution in [1.29, 1.82) is 0 Å². The average Bonchev–Trinajstić information content (AvgIpc) is 2.27. The second-order valence-electron chi connectivity index (χ2n) is 3.50. The molecule has 0 aliphatic carbocycles. The van der Waals surface area contributed by atoms with Crippen molar-refractivity contribution in [3.63, 3.8) is 0 Å². The van der Waals surface area contributed by atoms with E-state index in [1.165, 1.54) is 6.07 Å². The van der Waals surface area contributed by atoms with Crippen LogP contribution in [0.2, 0.25) is 0 Å². The zero-order chi connectivity index (χ0) is 14.5. The smallest absolute Gasteiger partial charge is 0.371 e. The summed E-state index contributed by atoms with van der Waals surface area (Å²) in [5, 5.41) is 0. The molecule has 1 N–H and O–H groups in total. The zero-order valence-corrected chi connectivity index (χ0v) is 12.0. The van der Waals surface area contributed by atoms with Gasteiger partial charge < -0.3 is 4.74 Å². The second-order valence-corrected chi connectivity index (χ2v) is 6.09. The zero-order valence-electron chi connectivity index (χ0n) is 9.58. The van der Waals surface area contributed by atoms with Crippen molar-refractivity contribution in [2.24, 2.45) is 0 Å². The third-order valence-corrected chi connectivity index (χ3v) is 4.40. The lowest BCUT2D eigenvalue weighted by atomic mass is 10.4. The lowest BCUT2D eigenvalue weighted by Gasteiger charge is -2.10. The summed E-state index contributed by atoms with van der Waals surface area (Å²) in [6.45, 7) is -1.99. The number of halogens is 4. The summed E-state index contributed by atoms with van der Waals surface area (Å²) in [4.78, 5) is 0.0193. The number of sulfonamides is 1. The molecule has 19 heavy (non-hydrogen) atoms. The molecule has 0 amide bonds. The van der Waals surface area contributed by atoms with Gasteiger partial charge in [0, 0.05) is 11.0 Å². The minimum absolute atomic E-state index is 0.0193. The van der Waals surface area contributed by atoms with Crippen LogP contribution in [0.5, 0.6) is 0 Å². The van der Waals surface area contributed by atoms with Gasteiger partial charge in [-0.3, -0.25) is 0 Å². The van der Waals surface area contributed by atoms with Gasteiger partial charge in [0.15, 0.2) is 0 Å². The molecule has 0 atom stereocenters. The van der Waals surface area contributed by atoms with Crippen molar-refractivity contribution in [3.8, 4) is 0 Å². The highest BCUT2D eigenvalue weighted by molar-refractivity contribution is 9.10. The maximum absolute atomic E-state index is 11.8. The van der Waals surface area contributed by atoms with Crippen LogP contribution in [0.4, 0.5) is 13.2 Å². The minimum atomic E-state index is -4.42. The Morgan fingerprint density at radius 1 is 1.26 bits per heavy atom. The van der Waals surface area contributed by atoms with Gasteiger partial charge in [-0.25, -0.2) is 13.1 Å². The molecule has 1 rings (SSSR count). The number of hydrogen-bond acceptors (Lipinski definition) is 3. The van der Waals surface area contributed by atoms with Gasteiger partial charge in [-0.2, -0.15) is 13.2 Å². The van der Waals surface area contributed by atoms with Crippen molar-refractivity contribution in [2.75, 3.05) is 19.8 Å². The Hall–Kier alpha value is -0.640. The Kier molecular flexibility index (Phi) is 5.78. The molecule has 0 aliphatic heterocycles. The van der Waals surface area contributed by atoms with Crippen LogP contribution in [0.3, 0.4) is 0 Å². The normalized spacial score (nSPS) is 12.6. The number of hydrogen-bond donors (Lipinski definition) is 1. The van der Waals surface area contributed by atoms with Gasteiger partial charge in [0.25, 0.3) is 0 Å². The molecule has 0 spiro atoms. The summed E-state index contributed by atoms with van der Waals surface area (Å²) >= 11 is 3.08. The van der Waals surface area contributed by atoms with E-state index in [9.17, 15) is 21.6 Å². The highest BCUT2D eigenvalue weighted by atomic mass is 79.9. The maximum Gasteiger partial charge on any atom is 0.411 e. The lowest BCUT2D eigenvalue weighted by Crippen LogP contribution is -2.29. The van der Waals surface area contributed by atoms with Crippen LogP contribution in [0.25, 0.3) is 0 Å². The molecule has 1 aromatic rings. The van der Waals surface area contributed by atoms with E-state index in [1.807, 2.05) is 0 Å².